The van der Waals surface area contributed by atoms with Crippen LogP contribution >= 0.6 is 15.9 Å². The van der Waals surface area contributed by atoms with E-state index in [0.717, 1.165) is 27.1 Å². The van der Waals surface area contributed by atoms with Crippen LogP contribution < -0.4 is 0 Å². The molecule has 2 aromatic heterocycles. The molecule has 0 bridgehead atoms. The van der Waals surface area contributed by atoms with Crippen molar-refractivity contribution in [3.05, 3.63) is 46.6 Å². The predicted molar refractivity (Wildman–Crippen MR) is 68.7 cm³/mol. The highest BCUT2D eigenvalue weighted by molar-refractivity contribution is 9.10. The van der Waals surface area contributed by atoms with E-state index in [1.54, 1.807) is 10.7 Å². The van der Waals surface area contributed by atoms with E-state index >= 15 is 0 Å². The first-order valence-corrected chi connectivity index (χ1v) is 5.97. The zero-order valence-corrected chi connectivity index (χ0v) is 10.7. The van der Waals surface area contributed by atoms with Gasteiger partial charge >= 0.3 is 0 Å². The molecular weight excluding hydrogens is 280 g/mol. The van der Waals surface area contributed by atoms with Crippen molar-refractivity contribution in [1.82, 2.24) is 19.8 Å². The molecule has 3 aromatic rings. The molecule has 0 saturated heterocycles. The van der Waals surface area contributed by atoms with Crippen molar-refractivity contribution >= 4 is 21.6 Å². The van der Waals surface area contributed by atoms with Crippen LogP contribution in [0.25, 0.3) is 17.0 Å². The molecule has 1 aromatic carbocycles. The van der Waals surface area contributed by atoms with Gasteiger partial charge in [-0.3, -0.25) is 0 Å². The molecule has 0 aliphatic rings. The van der Waals surface area contributed by atoms with Gasteiger partial charge < -0.3 is 0 Å². The minimum absolute atomic E-state index is 0.757. The topological polar surface area (TPSA) is 43.1 Å². The van der Waals surface area contributed by atoms with E-state index in [1.165, 1.54) is 0 Å². The number of aryl methyl sites for hydroxylation is 1. The van der Waals surface area contributed by atoms with Crippen LogP contribution in [0.4, 0.5) is 0 Å². The second-order valence-corrected chi connectivity index (χ2v) is 4.75. The maximum atomic E-state index is 4.32. The van der Waals surface area contributed by atoms with Crippen molar-refractivity contribution in [2.45, 2.75) is 6.92 Å². The van der Waals surface area contributed by atoms with Gasteiger partial charge in [0, 0.05) is 10.0 Å². The summed E-state index contributed by atoms with van der Waals surface area (Å²) in [6, 6.07) is 9.89. The zero-order valence-electron chi connectivity index (χ0n) is 9.13. The van der Waals surface area contributed by atoms with Gasteiger partial charge in [0.25, 0.3) is 0 Å². The largest absolute Gasteiger partial charge is 0.193 e. The highest BCUT2D eigenvalue weighted by Gasteiger charge is 2.08. The van der Waals surface area contributed by atoms with Gasteiger partial charge in [-0.05, 0) is 30.7 Å². The van der Waals surface area contributed by atoms with Crippen molar-refractivity contribution in [2.24, 2.45) is 0 Å². The molecule has 0 saturated carbocycles. The molecule has 4 nitrogen and oxygen atoms in total. The summed E-state index contributed by atoms with van der Waals surface area (Å²) in [5.74, 6) is 0.757. The summed E-state index contributed by atoms with van der Waals surface area (Å²) in [6.07, 6.45) is 1.80. The van der Waals surface area contributed by atoms with E-state index in [2.05, 4.69) is 31.2 Å². The number of nitrogens with zero attached hydrogens (tertiary/aromatic N) is 4. The van der Waals surface area contributed by atoms with E-state index < -0.39 is 0 Å². The van der Waals surface area contributed by atoms with Crippen molar-refractivity contribution < 1.29 is 0 Å². The molecule has 0 atom stereocenters. The SMILES string of the molecule is Cc1cnn2c(-c3ccc(Br)cc3)nnc2c1. The fourth-order valence-corrected chi connectivity index (χ4v) is 1.93. The molecule has 3 rings (SSSR count). The Kier molecular flexibility index (Phi) is 2.40. The lowest BCUT2D eigenvalue weighted by molar-refractivity contribution is 0.927. The van der Waals surface area contributed by atoms with Crippen LogP contribution in [0.5, 0.6) is 0 Å². The average Bonchev–Trinajstić information content (AvgIpc) is 2.73. The number of halogens is 1. The summed E-state index contributed by atoms with van der Waals surface area (Å²) in [5.41, 5.74) is 2.84. The van der Waals surface area contributed by atoms with Gasteiger partial charge in [-0.15, -0.1) is 10.2 Å². The smallest absolute Gasteiger partial charge is 0.185 e. The van der Waals surface area contributed by atoms with Crippen LogP contribution in [-0.4, -0.2) is 19.8 Å². The molecule has 0 radical (unpaired) electrons. The van der Waals surface area contributed by atoms with E-state index in [4.69, 9.17) is 0 Å². The molecule has 0 N–H and O–H groups in total. The second kappa shape index (κ2) is 3.92. The van der Waals surface area contributed by atoms with Crippen molar-refractivity contribution in [1.29, 1.82) is 0 Å². The third-order valence-electron chi connectivity index (χ3n) is 2.50. The van der Waals surface area contributed by atoms with Crippen LogP contribution in [0, 0.1) is 6.92 Å². The quantitative estimate of drug-likeness (QED) is 0.692. The Morgan fingerprint density at radius 2 is 1.88 bits per heavy atom. The Balaban J connectivity index is 2.21. The Labute approximate surface area is 106 Å². The molecular formula is C12H9BrN4. The molecule has 0 spiro atoms. The molecule has 0 aliphatic carbocycles. The number of benzene rings is 1. The van der Waals surface area contributed by atoms with Gasteiger partial charge in [0.05, 0.1) is 6.20 Å². The number of hydrogen-bond acceptors (Lipinski definition) is 3. The minimum atomic E-state index is 0.757. The third-order valence-corrected chi connectivity index (χ3v) is 3.03. The molecule has 17 heavy (non-hydrogen) atoms. The first kappa shape index (κ1) is 10.4. The Morgan fingerprint density at radius 3 is 2.65 bits per heavy atom. The standard InChI is InChI=1S/C12H9BrN4/c1-8-6-11-15-16-12(17(11)14-7-8)9-2-4-10(13)5-3-9/h2-7H,1H3. The van der Waals surface area contributed by atoms with Crippen LogP contribution in [-0.2, 0) is 0 Å². The maximum absolute atomic E-state index is 4.32. The summed E-state index contributed by atoms with van der Waals surface area (Å²) in [7, 11) is 0. The number of fused-ring (bicyclic) bond motifs is 1. The van der Waals surface area contributed by atoms with Crippen LogP contribution in [0.1, 0.15) is 5.56 Å². The van der Waals surface area contributed by atoms with Crippen molar-refractivity contribution in [2.75, 3.05) is 0 Å². The lowest BCUT2D eigenvalue weighted by Crippen LogP contribution is -1.94. The highest BCUT2D eigenvalue weighted by Crippen LogP contribution is 2.20. The molecule has 5 heteroatoms. The molecule has 0 amide bonds. The predicted octanol–water partition coefficient (Wildman–Crippen LogP) is 2.86. The number of aromatic nitrogens is 4. The van der Waals surface area contributed by atoms with Crippen LogP contribution in [0.2, 0.25) is 0 Å². The Morgan fingerprint density at radius 1 is 1.12 bits per heavy atom. The Hall–Kier alpha value is -1.75. The van der Waals surface area contributed by atoms with E-state index in [0.29, 0.717) is 0 Å². The summed E-state index contributed by atoms with van der Waals surface area (Å²) in [5, 5.41) is 12.6. The van der Waals surface area contributed by atoms with Gasteiger partial charge in [0.15, 0.2) is 11.5 Å². The van der Waals surface area contributed by atoms with Crippen molar-refractivity contribution in [3.63, 3.8) is 0 Å². The van der Waals surface area contributed by atoms with E-state index in [-0.39, 0.29) is 0 Å². The Bertz CT molecular complexity index is 673. The van der Waals surface area contributed by atoms with Crippen LogP contribution in [0.15, 0.2) is 41.0 Å². The fraction of sp³-hybridized carbons (Fsp3) is 0.0833. The highest BCUT2D eigenvalue weighted by atomic mass is 79.9. The molecule has 0 unspecified atom stereocenters. The van der Waals surface area contributed by atoms with E-state index in [9.17, 15) is 0 Å². The molecule has 0 aliphatic heterocycles. The monoisotopic (exact) mass is 288 g/mol. The van der Waals surface area contributed by atoms with Crippen LogP contribution in [0.3, 0.4) is 0 Å². The second-order valence-electron chi connectivity index (χ2n) is 3.83. The van der Waals surface area contributed by atoms with Gasteiger partial charge in [-0.25, -0.2) is 0 Å². The lowest BCUT2D eigenvalue weighted by atomic mass is 10.2. The average molecular weight is 289 g/mol. The summed E-state index contributed by atoms with van der Waals surface area (Å²) < 4.78 is 2.79. The van der Waals surface area contributed by atoms with Crippen molar-refractivity contribution in [3.8, 4) is 11.4 Å². The fourth-order valence-electron chi connectivity index (χ4n) is 1.66. The first-order chi connectivity index (χ1) is 8.24. The third kappa shape index (κ3) is 1.82. The summed E-state index contributed by atoms with van der Waals surface area (Å²) in [6.45, 7) is 1.99. The minimum Gasteiger partial charge on any atom is -0.193 e. The normalized spacial score (nSPS) is 10.9. The van der Waals surface area contributed by atoms with Gasteiger partial charge in [-0.2, -0.15) is 9.61 Å². The van der Waals surface area contributed by atoms with Gasteiger partial charge in [-0.1, -0.05) is 28.1 Å². The number of rotatable bonds is 1. The van der Waals surface area contributed by atoms with Gasteiger partial charge in [0.2, 0.25) is 0 Å². The summed E-state index contributed by atoms with van der Waals surface area (Å²) in [4.78, 5) is 0. The zero-order chi connectivity index (χ0) is 11.8. The molecule has 2 heterocycles. The molecule has 84 valence electrons. The molecule has 0 fully saturated rings. The van der Waals surface area contributed by atoms with Gasteiger partial charge in [0.1, 0.15) is 0 Å². The number of hydrogen-bond donors (Lipinski definition) is 0. The maximum Gasteiger partial charge on any atom is 0.185 e. The van der Waals surface area contributed by atoms with E-state index in [1.807, 2.05) is 37.3 Å². The lowest BCUT2D eigenvalue weighted by Gasteiger charge is -1.99. The summed E-state index contributed by atoms with van der Waals surface area (Å²) >= 11 is 3.41. The first-order valence-electron chi connectivity index (χ1n) is 5.18.